The number of nitrogens with one attached hydrogen (secondary N) is 1. The molecule has 0 aromatic heterocycles. The van der Waals surface area contributed by atoms with Crippen molar-refractivity contribution < 1.29 is 33.7 Å². The van der Waals surface area contributed by atoms with Crippen molar-refractivity contribution in [2.24, 2.45) is 11.8 Å². The number of aliphatic hydroxyl groups excluding tert-OH is 1. The van der Waals surface area contributed by atoms with Gasteiger partial charge >= 0.3 is 5.97 Å². The minimum atomic E-state index is -1.19. The van der Waals surface area contributed by atoms with E-state index in [4.69, 9.17) is 14.2 Å². The summed E-state index contributed by atoms with van der Waals surface area (Å²) in [6.07, 6.45) is 0.275. The molecule has 0 saturated carbocycles. The van der Waals surface area contributed by atoms with Crippen LogP contribution in [0.25, 0.3) is 0 Å². The summed E-state index contributed by atoms with van der Waals surface area (Å²) in [4.78, 5) is 41.5. The van der Waals surface area contributed by atoms with E-state index in [1.807, 2.05) is 6.92 Å². The van der Waals surface area contributed by atoms with E-state index in [2.05, 4.69) is 21.2 Å². The van der Waals surface area contributed by atoms with Crippen molar-refractivity contribution >= 4 is 39.4 Å². The number of ether oxygens (including phenoxy) is 3. The lowest BCUT2D eigenvalue weighted by Gasteiger charge is -2.36. The zero-order valence-electron chi connectivity index (χ0n) is 18.8. The van der Waals surface area contributed by atoms with Gasteiger partial charge in [-0.1, -0.05) is 22.9 Å². The maximum Gasteiger partial charge on any atom is 0.312 e. The Balaban J connectivity index is 1.73. The zero-order valence-corrected chi connectivity index (χ0v) is 20.4. The van der Waals surface area contributed by atoms with Crippen LogP contribution < -0.4 is 10.1 Å². The van der Waals surface area contributed by atoms with Gasteiger partial charge in [0.15, 0.2) is 0 Å². The highest BCUT2D eigenvalue weighted by atomic mass is 79.9. The molecule has 2 N–H and O–H groups in total. The number of carbonyl (C=O) groups is 3. The number of methoxy groups -OCH3 is 1. The van der Waals surface area contributed by atoms with Crippen LogP contribution >= 0.6 is 15.9 Å². The molecule has 180 valence electrons. The van der Waals surface area contributed by atoms with Gasteiger partial charge in [-0.2, -0.15) is 0 Å². The minimum Gasteiger partial charge on any atom is -0.497 e. The molecule has 0 radical (unpaired) electrons. The van der Waals surface area contributed by atoms with Crippen LogP contribution in [0.5, 0.6) is 5.75 Å². The molecular weight excluding hydrogens is 496 g/mol. The summed E-state index contributed by atoms with van der Waals surface area (Å²) in [5, 5.41) is 12.9. The average Bonchev–Trinajstić information content (AvgIpc) is 3.39. The number of hydrogen-bond donors (Lipinski definition) is 2. The Morgan fingerprint density at radius 3 is 2.61 bits per heavy atom. The maximum atomic E-state index is 13.7. The first kappa shape index (κ1) is 24.0. The lowest BCUT2D eigenvalue weighted by Crippen LogP contribution is -2.56. The molecular formula is C23H29BrN2O7. The van der Waals surface area contributed by atoms with Gasteiger partial charge in [0.1, 0.15) is 17.4 Å². The number of amides is 2. The first-order valence-electron chi connectivity index (χ1n) is 11.2. The van der Waals surface area contributed by atoms with Gasteiger partial charge in [-0.3, -0.25) is 14.4 Å². The molecule has 33 heavy (non-hydrogen) atoms. The third-order valence-electron chi connectivity index (χ3n) is 6.97. The smallest absolute Gasteiger partial charge is 0.312 e. The number of anilines is 1. The zero-order chi connectivity index (χ0) is 23.9. The van der Waals surface area contributed by atoms with E-state index >= 15 is 0 Å². The van der Waals surface area contributed by atoms with Crippen LogP contribution in [-0.4, -0.2) is 76.7 Å². The van der Waals surface area contributed by atoms with Crippen LogP contribution in [0.2, 0.25) is 0 Å². The average molecular weight is 525 g/mol. The molecule has 1 unspecified atom stereocenters. The van der Waals surface area contributed by atoms with Crippen molar-refractivity contribution in [1.29, 1.82) is 0 Å². The SMILES string of the molecule is CCOC(=O)[C@H]1[C@@H]2O[C@@]3(CC2Br)[C@@H]1C(=O)N([C@@H](CC)CO)[C@@H]3C(=O)Nc1ccc(OC)cc1. The van der Waals surface area contributed by atoms with Crippen molar-refractivity contribution in [3.05, 3.63) is 24.3 Å². The summed E-state index contributed by atoms with van der Waals surface area (Å²) in [6.45, 7) is 3.43. The van der Waals surface area contributed by atoms with Crippen molar-refractivity contribution in [3.8, 4) is 5.75 Å². The Morgan fingerprint density at radius 2 is 2.03 bits per heavy atom. The van der Waals surface area contributed by atoms with E-state index in [0.29, 0.717) is 24.3 Å². The number of carbonyl (C=O) groups excluding carboxylic acids is 3. The molecule has 1 aromatic rings. The van der Waals surface area contributed by atoms with E-state index in [1.165, 1.54) is 4.90 Å². The van der Waals surface area contributed by atoms with E-state index in [-0.39, 0.29) is 23.9 Å². The molecule has 4 rings (SSSR count). The monoisotopic (exact) mass is 524 g/mol. The molecule has 3 heterocycles. The fourth-order valence-corrected chi connectivity index (χ4v) is 6.51. The number of likely N-dealkylation sites (tertiary alicyclic amines) is 1. The third kappa shape index (κ3) is 3.72. The maximum absolute atomic E-state index is 13.7. The highest BCUT2D eigenvalue weighted by molar-refractivity contribution is 9.09. The second kappa shape index (κ2) is 9.23. The second-order valence-corrected chi connectivity index (χ2v) is 9.80. The van der Waals surface area contributed by atoms with Gasteiger partial charge in [0, 0.05) is 10.5 Å². The largest absolute Gasteiger partial charge is 0.497 e. The van der Waals surface area contributed by atoms with Gasteiger partial charge in [-0.15, -0.1) is 0 Å². The van der Waals surface area contributed by atoms with Crippen molar-refractivity contribution in [3.63, 3.8) is 0 Å². The Kier molecular flexibility index (Phi) is 6.70. The fourth-order valence-electron chi connectivity index (χ4n) is 5.57. The van der Waals surface area contributed by atoms with Gasteiger partial charge < -0.3 is 29.5 Å². The van der Waals surface area contributed by atoms with Crippen LogP contribution in [0, 0.1) is 11.8 Å². The topological polar surface area (TPSA) is 114 Å². The number of halogens is 1. The Morgan fingerprint density at radius 1 is 1.33 bits per heavy atom. The Bertz CT molecular complexity index is 922. The third-order valence-corrected chi connectivity index (χ3v) is 7.81. The summed E-state index contributed by atoms with van der Waals surface area (Å²) < 4.78 is 16.8. The number of rotatable bonds is 8. The van der Waals surface area contributed by atoms with Crippen molar-refractivity contribution in [2.75, 3.05) is 25.6 Å². The van der Waals surface area contributed by atoms with E-state index < -0.39 is 47.5 Å². The van der Waals surface area contributed by atoms with Crippen LogP contribution in [0.1, 0.15) is 26.7 Å². The molecule has 3 fully saturated rings. The van der Waals surface area contributed by atoms with E-state index in [9.17, 15) is 19.5 Å². The number of benzene rings is 1. The predicted octanol–water partition coefficient (Wildman–Crippen LogP) is 1.72. The predicted molar refractivity (Wildman–Crippen MR) is 122 cm³/mol. The van der Waals surface area contributed by atoms with Crippen LogP contribution in [0.4, 0.5) is 5.69 Å². The van der Waals surface area contributed by atoms with Gasteiger partial charge in [0.25, 0.3) is 0 Å². The van der Waals surface area contributed by atoms with E-state index in [0.717, 1.165) is 0 Å². The van der Waals surface area contributed by atoms with Crippen LogP contribution in [-0.2, 0) is 23.9 Å². The summed E-state index contributed by atoms with van der Waals surface area (Å²) in [5.74, 6) is -2.29. The number of alkyl halides is 1. The van der Waals surface area contributed by atoms with Gasteiger partial charge in [0.2, 0.25) is 11.8 Å². The van der Waals surface area contributed by atoms with Gasteiger partial charge in [0.05, 0.1) is 44.3 Å². The van der Waals surface area contributed by atoms with Gasteiger partial charge in [-0.25, -0.2) is 0 Å². The lowest BCUT2D eigenvalue weighted by atomic mass is 9.70. The van der Waals surface area contributed by atoms with Crippen molar-refractivity contribution in [1.82, 2.24) is 4.90 Å². The number of nitrogens with zero attached hydrogens (tertiary/aromatic N) is 1. The molecule has 2 amide bonds. The second-order valence-electron chi connectivity index (χ2n) is 8.62. The molecule has 1 aromatic carbocycles. The lowest BCUT2D eigenvalue weighted by molar-refractivity contribution is -0.155. The Hall–Kier alpha value is -2.17. The molecule has 10 heteroatoms. The molecule has 9 nitrogen and oxygen atoms in total. The molecule has 7 atom stereocenters. The number of aliphatic hydroxyl groups is 1. The molecule has 2 bridgehead atoms. The number of esters is 1. The van der Waals surface area contributed by atoms with Gasteiger partial charge in [-0.05, 0) is 44.0 Å². The minimum absolute atomic E-state index is 0.183. The number of hydrogen-bond acceptors (Lipinski definition) is 7. The molecule has 0 aliphatic carbocycles. The van der Waals surface area contributed by atoms with E-state index in [1.54, 1.807) is 38.3 Å². The molecule has 1 spiro atoms. The number of fused-ring (bicyclic) bond motifs is 1. The Labute approximate surface area is 200 Å². The van der Waals surface area contributed by atoms with Crippen LogP contribution in [0.15, 0.2) is 24.3 Å². The summed E-state index contributed by atoms with van der Waals surface area (Å²) in [6, 6.07) is 5.28. The normalized spacial score (nSPS) is 33.1. The molecule has 3 aliphatic rings. The first-order chi connectivity index (χ1) is 15.8. The summed E-state index contributed by atoms with van der Waals surface area (Å²) >= 11 is 3.60. The fraction of sp³-hybridized carbons (Fsp3) is 0.609. The molecule has 3 aliphatic heterocycles. The molecule has 3 saturated heterocycles. The quantitative estimate of drug-likeness (QED) is 0.393. The summed E-state index contributed by atoms with van der Waals surface area (Å²) in [5.41, 5.74) is -0.651. The highest BCUT2D eigenvalue weighted by Crippen LogP contribution is 2.60. The summed E-state index contributed by atoms with van der Waals surface area (Å²) in [7, 11) is 1.55. The standard InChI is InChI=1S/C23H29BrN2O7/c1-4-13(11-27)26-19(20(28)25-12-6-8-14(31-3)9-7-12)23-10-15(24)18(33-23)16(17(23)21(26)29)22(30)32-5-2/h6-9,13,15-19,27H,4-5,10-11H2,1-3H3,(H,25,28)/t13-,15?,16+,17-,18+,19+,23-/m0/s1. The first-order valence-corrected chi connectivity index (χ1v) is 12.1. The van der Waals surface area contributed by atoms with Crippen molar-refractivity contribution in [2.45, 2.75) is 55.3 Å². The van der Waals surface area contributed by atoms with Crippen LogP contribution in [0.3, 0.4) is 0 Å². The highest BCUT2D eigenvalue weighted by Gasteiger charge is 2.77.